The lowest BCUT2D eigenvalue weighted by Crippen LogP contribution is -2.13. The second-order valence-corrected chi connectivity index (χ2v) is 6.47. The van der Waals surface area contributed by atoms with Gasteiger partial charge in [-0.15, -0.1) is 0 Å². The molecule has 0 bridgehead atoms. The molecule has 0 atom stereocenters. The van der Waals surface area contributed by atoms with Gasteiger partial charge in [0.25, 0.3) is 5.91 Å². The maximum atomic E-state index is 12.7. The van der Waals surface area contributed by atoms with Crippen molar-refractivity contribution in [3.8, 4) is 11.5 Å². The Bertz CT molecular complexity index is 1010. The highest BCUT2D eigenvalue weighted by Gasteiger charge is 2.12. The number of halogens is 1. The van der Waals surface area contributed by atoms with Gasteiger partial charge in [0, 0.05) is 28.5 Å². The van der Waals surface area contributed by atoms with E-state index in [1.54, 1.807) is 49.7 Å². The monoisotopic (exact) mass is 397 g/mol. The SMILES string of the molecule is COc1ccc(NC(=O)c2ccnc(Nc3ccc(Cl)cc3C)c2)c(OC)c1. The first-order chi connectivity index (χ1) is 13.5. The number of nitrogens with one attached hydrogen (secondary N) is 2. The quantitative estimate of drug-likeness (QED) is 0.608. The second-order valence-electron chi connectivity index (χ2n) is 6.03. The lowest BCUT2D eigenvalue weighted by Gasteiger charge is -2.13. The van der Waals surface area contributed by atoms with Crippen molar-refractivity contribution >= 4 is 34.7 Å². The predicted octanol–water partition coefficient (Wildman–Crippen LogP) is 5.06. The summed E-state index contributed by atoms with van der Waals surface area (Å²) in [6, 6.07) is 14.0. The molecule has 3 rings (SSSR count). The molecule has 0 saturated heterocycles. The second kappa shape index (κ2) is 8.63. The molecule has 1 aromatic heterocycles. The van der Waals surface area contributed by atoms with Crippen molar-refractivity contribution < 1.29 is 14.3 Å². The maximum Gasteiger partial charge on any atom is 0.255 e. The van der Waals surface area contributed by atoms with Gasteiger partial charge in [-0.1, -0.05) is 11.6 Å². The first-order valence-corrected chi connectivity index (χ1v) is 8.90. The van der Waals surface area contributed by atoms with Gasteiger partial charge in [0.15, 0.2) is 0 Å². The smallest absolute Gasteiger partial charge is 0.255 e. The molecule has 2 aromatic carbocycles. The fraction of sp³-hybridized carbons (Fsp3) is 0.143. The van der Waals surface area contributed by atoms with E-state index in [4.69, 9.17) is 21.1 Å². The van der Waals surface area contributed by atoms with E-state index in [0.29, 0.717) is 33.6 Å². The molecule has 0 saturated carbocycles. The molecule has 2 N–H and O–H groups in total. The van der Waals surface area contributed by atoms with Crippen LogP contribution in [0.1, 0.15) is 15.9 Å². The van der Waals surface area contributed by atoms with Crippen LogP contribution in [0, 0.1) is 6.92 Å². The van der Waals surface area contributed by atoms with Crippen LogP contribution >= 0.6 is 11.6 Å². The molecule has 6 nitrogen and oxygen atoms in total. The molecule has 0 aliphatic rings. The zero-order valence-electron chi connectivity index (χ0n) is 15.7. The Kier molecular flexibility index (Phi) is 6.01. The van der Waals surface area contributed by atoms with Crippen LogP contribution in [-0.4, -0.2) is 25.1 Å². The van der Waals surface area contributed by atoms with E-state index in [1.807, 2.05) is 19.1 Å². The summed E-state index contributed by atoms with van der Waals surface area (Å²) in [4.78, 5) is 17.0. The van der Waals surface area contributed by atoms with Crippen LogP contribution < -0.4 is 20.1 Å². The van der Waals surface area contributed by atoms with Crippen LogP contribution in [0.15, 0.2) is 54.7 Å². The number of ether oxygens (including phenoxy) is 2. The highest BCUT2D eigenvalue weighted by Crippen LogP contribution is 2.29. The summed E-state index contributed by atoms with van der Waals surface area (Å²) in [6.45, 7) is 1.95. The Labute approximate surface area is 168 Å². The normalized spacial score (nSPS) is 10.3. The van der Waals surface area contributed by atoms with E-state index >= 15 is 0 Å². The molecular formula is C21H20ClN3O3. The van der Waals surface area contributed by atoms with Crippen molar-refractivity contribution in [3.05, 3.63) is 70.9 Å². The lowest BCUT2D eigenvalue weighted by molar-refractivity contribution is 0.102. The number of pyridine rings is 1. The highest BCUT2D eigenvalue weighted by molar-refractivity contribution is 6.30. The van der Waals surface area contributed by atoms with E-state index in [9.17, 15) is 4.79 Å². The first-order valence-electron chi connectivity index (χ1n) is 8.53. The average Bonchev–Trinajstić information content (AvgIpc) is 2.70. The summed E-state index contributed by atoms with van der Waals surface area (Å²) in [5, 5.41) is 6.72. The fourth-order valence-electron chi connectivity index (χ4n) is 2.64. The molecule has 1 amide bonds. The van der Waals surface area contributed by atoms with Gasteiger partial charge in [-0.3, -0.25) is 4.79 Å². The molecule has 0 unspecified atom stereocenters. The number of hydrogen-bond donors (Lipinski definition) is 2. The van der Waals surface area contributed by atoms with Crippen molar-refractivity contribution in [3.63, 3.8) is 0 Å². The third-order valence-electron chi connectivity index (χ3n) is 4.13. The zero-order valence-corrected chi connectivity index (χ0v) is 16.5. The minimum absolute atomic E-state index is 0.276. The van der Waals surface area contributed by atoms with Gasteiger partial charge in [0.2, 0.25) is 0 Å². The Hall–Kier alpha value is -3.25. The largest absolute Gasteiger partial charge is 0.497 e. The maximum absolute atomic E-state index is 12.7. The number of amides is 1. The number of methoxy groups -OCH3 is 2. The zero-order chi connectivity index (χ0) is 20.1. The summed E-state index contributed by atoms with van der Waals surface area (Å²) >= 11 is 5.99. The molecular weight excluding hydrogens is 378 g/mol. The van der Waals surface area contributed by atoms with Crippen molar-refractivity contribution in [2.45, 2.75) is 6.92 Å². The number of rotatable bonds is 6. The number of nitrogens with zero attached hydrogens (tertiary/aromatic N) is 1. The molecule has 7 heteroatoms. The van der Waals surface area contributed by atoms with Gasteiger partial charge < -0.3 is 20.1 Å². The van der Waals surface area contributed by atoms with Gasteiger partial charge in [-0.05, 0) is 55.0 Å². The first kappa shape index (κ1) is 19.5. The molecule has 144 valence electrons. The lowest BCUT2D eigenvalue weighted by atomic mass is 10.2. The number of carbonyl (C=O) groups is 1. The van der Waals surface area contributed by atoms with Crippen molar-refractivity contribution in [1.29, 1.82) is 0 Å². The number of carbonyl (C=O) groups excluding carboxylic acids is 1. The van der Waals surface area contributed by atoms with Gasteiger partial charge in [0.05, 0.1) is 19.9 Å². The third kappa shape index (κ3) is 4.53. The molecule has 0 aliphatic heterocycles. The average molecular weight is 398 g/mol. The fourth-order valence-corrected chi connectivity index (χ4v) is 2.87. The van der Waals surface area contributed by atoms with E-state index in [0.717, 1.165) is 11.3 Å². The number of hydrogen-bond acceptors (Lipinski definition) is 5. The van der Waals surface area contributed by atoms with E-state index in [2.05, 4.69) is 15.6 Å². The van der Waals surface area contributed by atoms with Gasteiger partial charge in [0.1, 0.15) is 17.3 Å². The molecule has 0 aliphatic carbocycles. The van der Waals surface area contributed by atoms with Crippen LogP contribution in [-0.2, 0) is 0 Å². The Balaban J connectivity index is 1.79. The van der Waals surface area contributed by atoms with E-state index < -0.39 is 0 Å². The topological polar surface area (TPSA) is 72.5 Å². The number of aromatic nitrogens is 1. The van der Waals surface area contributed by atoms with Crippen LogP contribution in [0.2, 0.25) is 5.02 Å². The molecule has 0 radical (unpaired) electrons. The van der Waals surface area contributed by atoms with Crippen LogP contribution in [0.25, 0.3) is 0 Å². The summed E-state index contributed by atoms with van der Waals surface area (Å²) in [7, 11) is 3.11. The molecule has 1 heterocycles. The van der Waals surface area contributed by atoms with Crippen molar-refractivity contribution in [2.75, 3.05) is 24.9 Å². The van der Waals surface area contributed by atoms with Gasteiger partial charge in [-0.25, -0.2) is 4.98 Å². The van der Waals surface area contributed by atoms with Gasteiger partial charge >= 0.3 is 0 Å². The minimum atomic E-state index is -0.276. The van der Waals surface area contributed by atoms with Crippen molar-refractivity contribution in [1.82, 2.24) is 4.98 Å². The predicted molar refractivity (Wildman–Crippen MR) is 111 cm³/mol. The summed E-state index contributed by atoms with van der Waals surface area (Å²) in [5.41, 5.74) is 2.86. The van der Waals surface area contributed by atoms with Crippen LogP contribution in [0.4, 0.5) is 17.2 Å². The summed E-state index contributed by atoms with van der Waals surface area (Å²) in [5.74, 6) is 1.43. The highest BCUT2D eigenvalue weighted by atomic mass is 35.5. The van der Waals surface area contributed by atoms with Gasteiger partial charge in [-0.2, -0.15) is 0 Å². The molecule has 3 aromatic rings. The molecule has 28 heavy (non-hydrogen) atoms. The molecule has 0 spiro atoms. The van der Waals surface area contributed by atoms with Crippen molar-refractivity contribution in [2.24, 2.45) is 0 Å². The Morgan fingerprint density at radius 3 is 2.50 bits per heavy atom. The standard InChI is InChI=1S/C21H20ClN3O3/c1-13-10-15(22)4-6-17(13)24-20-11-14(8-9-23-20)21(26)25-18-7-5-16(27-2)12-19(18)28-3/h4-12H,1-3H3,(H,23,24)(H,25,26). The number of aryl methyl sites for hydroxylation is 1. The third-order valence-corrected chi connectivity index (χ3v) is 4.37. The number of benzene rings is 2. The summed E-state index contributed by atoms with van der Waals surface area (Å²) < 4.78 is 10.5. The van der Waals surface area contributed by atoms with E-state index in [1.165, 1.54) is 7.11 Å². The Morgan fingerprint density at radius 1 is 1.00 bits per heavy atom. The van der Waals surface area contributed by atoms with E-state index in [-0.39, 0.29) is 5.91 Å². The molecule has 0 fully saturated rings. The Morgan fingerprint density at radius 2 is 1.79 bits per heavy atom. The minimum Gasteiger partial charge on any atom is -0.497 e. The summed E-state index contributed by atoms with van der Waals surface area (Å²) in [6.07, 6.45) is 1.58. The number of anilines is 3. The van der Waals surface area contributed by atoms with Crippen LogP contribution in [0.3, 0.4) is 0 Å². The van der Waals surface area contributed by atoms with Crippen LogP contribution in [0.5, 0.6) is 11.5 Å².